The molecule has 0 rings (SSSR count). The first-order valence-corrected chi connectivity index (χ1v) is 12.1. The van der Waals surface area contributed by atoms with Gasteiger partial charge in [-0.2, -0.15) is 4.91 Å². The maximum absolute atomic E-state index is 10.9. The van der Waals surface area contributed by atoms with E-state index in [-0.39, 0.29) is 5.41 Å². The van der Waals surface area contributed by atoms with Crippen LogP contribution in [0.2, 0.25) is 0 Å². The number of hydrogen-bond acceptors (Lipinski definition) is 3. The first kappa shape index (κ1) is 26.6. The zero-order valence-corrected chi connectivity index (χ0v) is 19.1. The van der Waals surface area contributed by atoms with Crippen molar-refractivity contribution in [3.05, 3.63) is 4.91 Å². The molecule has 3 atom stereocenters. The fraction of sp³-hybridized carbons (Fsp3) is 1.00. The molecule has 0 saturated heterocycles. The third-order valence-corrected chi connectivity index (χ3v) is 6.76. The van der Waals surface area contributed by atoms with Crippen LogP contribution < -0.4 is 5.73 Å². The van der Waals surface area contributed by atoms with Crippen LogP contribution in [0.5, 0.6) is 0 Å². The van der Waals surface area contributed by atoms with E-state index < -0.39 is 0 Å². The Morgan fingerprint density at radius 1 is 0.778 bits per heavy atom. The lowest BCUT2D eigenvalue weighted by atomic mass is 9.76. The zero-order valence-electron chi connectivity index (χ0n) is 19.1. The van der Waals surface area contributed by atoms with Crippen molar-refractivity contribution in [2.24, 2.45) is 22.2 Å². The summed E-state index contributed by atoms with van der Waals surface area (Å²) >= 11 is 0. The minimum Gasteiger partial charge on any atom is -0.327 e. The molecule has 162 valence electrons. The van der Waals surface area contributed by atoms with E-state index >= 15 is 0 Å². The molecule has 3 nitrogen and oxygen atoms in total. The van der Waals surface area contributed by atoms with Gasteiger partial charge in [0.25, 0.3) is 0 Å². The van der Waals surface area contributed by atoms with Gasteiger partial charge in [0.15, 0.2) is 0 Å². The van der Waals surface area contributed by atoms with Crippen molar-refractivity contribution in [1.29, 1.82) is 0 Å². The second kappa shape index (κ2) is 17.6. The molecule has 0 bridgehead atoms. The van der Waals surface area contributed by atoms with Crippen molar-refractivity contribution in [2.75, 3.05) is 6.54 Å². The Labute approximate surface area is 170 Å². The normalized spacial score (nSPS) is 16.0. The highest BCUT2D eigenvalue weighted by molar-refractivity contribution is 4.80. The van der Waals surface area contributed by atoms with E-state index in [9.17, 15) is 4.91 Å². The van der Waals surface area contributed by atoms with Gasteiger partial charge in [-0.3, -0.25) is 0 Å². The summed E-state index contributed by atoms with van der Waals surface area (Å²) in [6.07, 6.45) is 20.0. The Balaban J connectivity index is 3.87. The van der Waals surface area contributed by atoms with Gasteiger partial charge in [-0.25, -0.2) is 0 Å². The molecule has 0 radical (unpaired) electrons. The van der Waals surface area contributed by atoms with E-state index in [4.69, 9.17) is 5.73 Å². The average Bonchev–Trinajstić information content (AvgIpc) is 2.68. The summed E-state index contributed by atoms with van der Waals surface area (Å²) < 4.78 is 0. The Morgan fingerprint density at radius 2 is 1.37 bits per heavy atom. The summed E-state index contributed by atoms with van der Waals surface area (Å²) in [5.41, 5.74) is 6.61. The molecule has 0 aromatic carbocycles. The third-order valence-electron chi connectivity index (χ3n) is 6.76. The van der Waals surface area contributed by atoms with Crippen molar-refractivity contribution < 1.29 is 0 Å². The summed E-state index contributed by atoms with van der Waals surface area (Å²) in [5.74, 6) is 0.724. The molecule has 0 aliphatic heterocycles. The Hall–Kier alpha value is -0.440. The molecule has 27 heavy (non-hydrogen) atoms. The summed E-state index contributed by atoms with van der Waals surface area (Å²) in [5, 5.41) is 3.27. The minimum absolute atomic E-state index is 0.179. The molecular weight excluding hydrogens is 332 g/mol. The van der Waals surface area contributed by atoms with Crippen molar-refractivity contribution in [3.8, 4) is 0 Å². The second-order valence-electron chi connectivity index (χ2n) is 8.88. The number of unbranched alkanes of at least 4 members (excludes halogenated alkanes) is 7. The van der Waals surface area contributed by atoms with Crippen molar-refractivity contribution in [2.45, 2.75) is 136 Å². The highest BCUT2D eigenvalue weighted by Crippen LogP contribution is 2.35. The van der Waals surface area contributed by atoms with Crippen LogP contribution in [0.3, 0.4) is 0 Å². The number of nitrogens with zero attached hydrogens (tertiary/aromatic N) is 1. The van der Waals surface area contributed by atoms with Crippen LogP contribution in [0.1, 0.15) is 130 Å². The molecule has 0 amide bonds. The topological polar surface area (TPSA) is 55.4 Å². The second-order valence-corrected chi connectivity index (χ2v) is 8.88. The van der Waals surface area contributed by atoms with Crippen LogP contribution >= 0.6 is 0 Å². The van der Waals surface area contributed by atoms with Crippen LogP contribution in [0.15, 0.2) is 5.18 Å². The van der Waals surface area contributed by atoms with Crippen LogP contribution in [0, 0.1) is 16.2 Å². The number of hydrogen-bond donors (Lipinski definition) is 1. The summed E-state index contributed by atoms with van der Waals surface area (Å²) in [4.78, 5) is 10.9. The molecular formula is C24H50N2O. The highest BCUT2D eigenvalue weighted by atomic mass is 16.3. The number of rotatable bonds is 20. The fourth-order valence-electron chi connectivity index (χ4n) is 4.45. The SMILES string of the molecule is CCCCC(CC)C(N)CCCCCCCCC(CC)(CCCC)CN=O. The van der Waals surface area contributed by atoms with Gasteiger partial charge < -0.3 is 5.73 Å². The molecule has 3 heteroatoms. The van der Waals surface area contributed by atoms with Gasteiger partial charge in [0.05, 0.1) is 6.54 Å². The molecule has 0 fully saturated rings. The summed E-state index contributed by atoms with van der Waals surface area (Å²) in [6.45, 7) is 9.53. The van der Waals surface area contributed by atoms with Gasteiger partial charge in [0, 0.05) is 6.04 Å². The standard InChI is InChI=1S/C24H50N2O/c1-5-9-17-22(7-3)23(25)18-15-13-11-12-14-16-20-24(8-4,21-26-27)19-10-6-2/h22-23H,5-21,25H2,1-4H3. The number of nitroso groups, excluding NO2 is 1. The Kier molecular flexibility index (Phi) is 17.4. The zero-order chi connectivity index (χ0) is 20.4. The monoisotopic (exact) mass is 382 g/mol. The molecule has 0 heterocycles. The average molecular weight is 383 g/mol. The molecule has 3 unspecified atom stereocenters. The van der Waals surface area contributed by atoms with Crippen molar-refractivity contribution in [3.63, 3.8) is 0 Å². The van der Waals surface area contributed by atoms with Gasteiger partial charge in [0.2, 0.25) is 0 Å². The van der Waals surface area contributed by atoms with Gasteiger partial charge in [-0.1, -0.05) is 104 Å². The molecule has 2 N–H and O–H groups in total. The van der Waals surface area contributed by atoms with Crippen LogP contribution in [-0.4, -0.2) is 12.6 Å². The Morgan fingerprint density at radius 3 is 1.93 bits per heavy atom. The van der Waals surface area contributed by atoms with Crippen molar-refractivity contribution >= 4 is 0 Å². The van der Waals surface area contributed by atoms with Gasteiger partial charge >= 0.3 is 0 Å². The predicted molar refractivity (Wildman–Crippen MR) is 121 cm³/mol. The maximum Gasteiger partial charge on any atom is 0.0867 e. The molecule has 0 aromatic heterocycles. The molecule has 0 saturated carbocycles. The largest absolute Gasteiger partial charge is 0.327 e. The highest BCUT2D eigenvalue weighted by Gasteiger charge is 2.27. The smallest absolute Gasteiger partial charge is 0.0867 e. The van der Waals surface area contributed by atoms with E-state index in [0.717, 1.165) is 12.3 Å². The van der Waals surface area contributed by atoms with E-state index in [1.807, 2.05) is 0 Å². The lowest BCUT2D eigenvalue weighted by Crippen LogP contribution is -2.29. The van der Waals surface area contributed by atoms with E-state index in [0.29, 0.717) is 12.6 Å². The van der Waals surface area contributed by atoms with Crippen molar-refractivity contribution in [1.82, 2.24) is 0 Å². The minimum atomic E-state index is 0.179. The lowest BCUT2D eigenvalue weighted by molar-refractivity contribution is 0.223. The maximum atomic E-state index is 10.9. The molecule has 0 spiro atoms. The van der Waals surface area contributed by atoms with Crippen LogP contribution in [0.25, 0.3) is 0 Å². The molecule has 0 aromatic rings. The first-order valence-electron chi connectivity index (χ1n) is 12.1. The predicted octanol–water partition coefficient (Wildman–Crippen LogP) is 8.00. The van der Waals surface area contributed by atoms with E-state index in [2.05, 4.69) is 32.9 Å². The first-order chi connectivity index (χ1) is 13.1. The molecule has 0 aliphatic rings. The lowest BCUT2D eigenvalue weighted by Gasteiger charge is -2.30. The summed E-state index contributed by atoms with van der Waals surface area (Å²) in [7, 11) is 0. The summed E-state index contributed by atoms with van der Waals surface area (Å²) in [6, 6.07) is 0.404. The van der Waals surface area contributed by atoms with E-state index in [1.165, 1.54) is 96.3 Å². The van der Waals surface area contributed by atoms with Crippen LogP contribution in [0.4, 0.5) is 0 Å². The molecule has 0 aliphatic carbocycles. The van der Waals surface area contributed by atoms with Crippen LogP contribution in [-0.2, 0) is 0 Å². The third kappa shape index (κ3) is 12.6. The fourth-order valence-corrected chi connectivity index (χ4v) is 4.45. The van der Waals surface area contributed by atoms with Gasteiger partial charge in [-0.15, -0.1) is 0 Å². The quantitative estimate of drug-likeness (QED) is 0.171. The van der Waals surface area contributed by atoms with Gasteiger partial charge in [-0.05, 0) is 43.4 Å². The van der Waals surface area contributed by atoms with Gasteiger partial charge in [0.1, 0.15) is 0 Å². The Bertz CT molecular complexity index is 334. The number of nitrogens with two attached hydrogens (primary N) is 1. The van der Waals surface area contributed by atoms with E-state index in [1.54, 1.807) is 0 Å².